The largest absolute Gasteiger partial charge is 0.456 e. The third kappa shape index (κ3) is 3.66. The monoisotopic (exact) mass is 429 g/mol. The first-order valence-corrected chi connectivity index (χ1v) is 10.2. The molecule has 0 atom stereocenters. The van der Waals surface area contributed by atoms with Crippen LogP contribution in [0, 0.1) is 6.92 Å². The number of carbonyl (C=O) groups is 2. The molecule has 1 aromatic carbocycles. The van der Waals surface area contributed by atoms with Crippen molar-refractivity contribution in [3.8, 4) is 27.8 Å². The highest BCUT2D eigenvalue weighted by molar-refractivity contribution is 7.15. The number of nitrogens with one attached hydrogen (secondary N) is 1. The highest BCUT2D eigenvalue weighted by Crippen LogP contribution is 2.31. The van der Waals surface area contributed by atoms with Crippen LogP contribution in [-0.4, -0.2) is 31.8 Å². The quantitative estimate of drug-likeness (QED) is 0.484. The Morgan fingerprint density at radius 3 is 2.55 bits per heavy atom. The Balaban J connectivity index is 1.42. The summed E-state index contributed by atoms with van der Waals surface area (Å²) >= 11 is 1.49. The number of thiazole rings is 1. The molecule has 0 bridgehead atoms. The molecule has 2 amide bonds. The summed E-state index contributed by atoms with van der Waals surface area (Å²) < 4.78 is 5.59. The van der Waals surface area contributed by atoms with Gasteiger partial charge in [-0.15, -0.1) is 11.3 Å². The Kier molecular flexibility index (Phi) is 4.72. The van der Waals surface area contributed by atoms with Crippen LogP contribution >= 0.6 is 11.3 Å². The van der Waals surface area contributed by atoms with Gasteiger partial charge in [0.2, 0.25) is 0 Å². The standard InChI is InChI=1S/C22H15N5O3S/c1-12-19(31-18(25-12)11-30-22-23-8-3-9-24-22)17-5-2-4-16(26-17)13-6-7-14-15(10-13)21(29)27-20(14)28/h2-10H,11H2,1H3,(H,27,28,29). The molecule has 0 saturated carbocycles. The van der Waals surface area contributed by atoms with Gasteiger partial charge in [-0.25, -0.2) is 19.9 Å². The molecule has 152 valence electrons. The van der Waals surface area contributed by atoms with Gasteiger partial charge >= 0.3 is 6.01 Å². The highest BCUT2D eigenvalue weighted by atomic mass is 32.1. The number of carbonyl (C=O) groups excluding carboxylic acids is 2. The molecule has 3 aromatic heterocycles. The van der Waals surface area contributed by atoms with Gasteiger partial charge in [-0.1, -0.05) is 12.1 Å². The molecule has 4 aromatic rings. The second-order valence-electron chi connectivity index (χ2n) is 6.79. The maximum absolute atomic E-state index is 12.0. The van der Waals surface area contributed by atoms with Crippen LogP contribution in [0.25, 0.3) is 21.8 Å². The number of rotatable bonds is 5. The van der Waals surface area contributed by atoms with E-state index in [1.54, 1.807) is 36.7 Å². The van der Waals surface area contributed by atoms with Gasteiger partial charge in [0.25, 0.3) is 11.8 Å². The van der Waals surface area contributed by atoms with Gasteiger partial charge in [0.05, 0.1) is 33.1 Å². The van der Waals surface area contributed by atoms with Crippen molar-refractivity contribution in [2.75, 3.05) is 0 Å². The van der Waals surface area contributed by atoms with Crippen LogP contribution in [0.5, 0.6) is 6.01 Å². The summed E-state index contributed by atoms with van der Waals surface area (Å²) in [6, 6.07) is 12.9. The summed E-state index contributed by atoms with van der Waals surface area (Å²) in [7, 11) is 0. The zero-order chi connectivity index (χ0) is 21.4. The molecule has 0 spiro atoms. The van der Waals surface area contributed by atoms with Crippen molar-refractivity contribution in [1.82, 2.24) is 25.3 Å². The van der Waals surface area contributed by atoms with Crippen molar-refractivity contribution < 1.29 is 14.3 Å². The van der Waals surface area contributed by atoms with Crippen LogP contribution in [0.3, 0.4) is 0 Å². The van der Waals surface area contributed by atoms with E-state index in [0.717, 1.165) is 26.8 Å². The number of hydrogen-bond acceptors (Lipinski definition) is 8. The highest BCUT2D eigenvalue weighted by Gasteiger charge is 2.27. The smallest absolute Gasteiger partial charge is 0.316 e. The minimum Gasteiger partial charge on any atom is -0.456 e. The van der Waals surface area contributed by atoms with E-state index in [1.807, 2.05) is 25.1 Å². The Morgan fingerprint density at radius 2 is 1.71 bits per heavy atom. The summed E-state index contributed by atoms with van der Waals surface area (Å²) in [6.07, 6.45) is 3.24. The number of ether oxygens (including phenoxy) is 1. The average Bonchev–Trinajstić information content (AvgIpc) is 3.31. The second-order valence-corrected chi connectivity index (χ2v) is 7.88. The molecule has 8 nitrogen and oxygen atoms in total. The number of aryl methyl sites for hydroxylation is 1. The third-order valence-electron chi connectivity index (χ3n) is 4.72. The minimum absolute atomic E-state index is 0.267. The van der Waals surface area contributed by atoms with Crippen LogP contribution in [0.2, 0.25) is 0 Å². The predicted octanol–water partition coefficient (Wildman–Crippen LogP) is 3.43. The van der Waals surface area contributed by atoms with Gasteiger partial charge in [-0.05, 0) is 37.3 Å². The van der Waals surface area contributed by atoms with E-state index < -0.39 is 0 Å². The first kappa shape index (κ1) is 19.0. The summed E-state index contributed by atoms with van der Waals surface area (Å²) in [4.78, 5) is 42.1. The van der Waals surface area contributed by atoms with Crippen LogP contribution in [0.1, 0.15) is 31.4 Å². The summed E-state index contributed by atoms with van der Waals surface area (Å²) in [5.41, 5.74) is 3.84. The van der Waals surface area contributed by atoms with Crippen molar-refractivity contribution >= 4 is 23.2 Å². The SMILES string of the molecule is Cc1nc(COc2ncccn2)sc1-c1cccc(-c2ccc3c(c2)C(=O)NC3=O)n1. The maximum Gasteiger partial charge on any atom is 0.316 e. The molecule has 31 heavy (non-hydrogen) atoms. The third-order valence-corrected chi connectivity index (χ3v) is 5.87. The average molecular weight is 429 g/mol. The topological polar surface area (TPSA) is 107 Å². The van der Waals surface area contributed by atoms with Crippen molar-refractivity contribution in [2.24, 2.45) is 0 Å². The van der Waals surface area contributed by atoms with Gasteiger partial charge in [0.1, 0.15) is 11.6 Å². The zero-order valence-corrected chi connectivity index (χ0v) is 17.1. The van der Waals surface area contributed by atoms with Gasteiger partial charge in [0, 0.05) is 18.0 Å². The van der Waals surface area contributed by atoms with E-state index in [1.165, 1.54) is 11.3 Å². The Morgan fingerprint density at radius 1 is 0.935 bits per heavy atom. The molecule has 0 aliphatic carbocycles. The number of pyridine rings is 1. The molecular formula is C22H15N5O3S. The Labute approximate surface area is 181 Å². The van der Waals surface area contributed by atoms with E-state index in [-0.39, 0.29) is 18.4 Å². The normalized spacial score (nSPS) is 12.5. The summed E-state index contributed by atoms with van der Waals surface area (Å²) in [5, 5.41) is 3.10. The number of imide groups is 1. The lowest BCUT2D eigenvalue weighted by molar-refractivity contribution is 0.0879. The zero-order valence-electron chi connectivity index (χ0n) is 16.3. The predicted molar refractivity (Wildman–Crippen MR) is 114 cm³/mol. The Bertz CT molecular complexity index is 1320. The van der Waals surface area contributed by atoms with E-state index >= 15 is 0 Å². The molecule has 0 unspecified atom stereocenters. The number of fused-ring (bicyclic) bond motifs is 1. The lowest BCUT2D eigenvalue weighted by Crippen LogP contribution is -2.19. The van der Waals surface area contributed by atoms with Crippen LogP contribution in [0.4, 0.5) is 0 Å². The first-order chi connectivity index (χ1) is 15.1. The number of hydrogen-bond donors (Lipinski definition) is 1. The van der Waals surface area contributed by atoms with Gasteiger partial charge < -0.3 is 4.74 Å². The van der Waals surface area contributed by atoms with E-state index in [9.17, 15) is 9.59 Å². The summed E-state index contributed by atoms with van der Waals surface area (Å²) in [5.74, 6) is -0.757. The number of benzene rings is 1. The van der Waals surface area contributed by atoms with Crippen LogP contribution < -0.4 is 10.1 Å². The number of aromatic nitrogens is 4. The lowest BCUT2D eigenvalue weighted by Gasteiger charge is -2.05. The van der Waals surface area contributed by atoms with Crippen molar-refractivity contribution in [3.63, 3.8) is 0 Å². The maximum atomic E-state index is 12.0. The molecule has 1 N–H and O–H groups in total. The molecule has 0 radical (unpaired) electrons. The fraction of sp³-hybridized carbons (Fsp3) is 0.0909. The van der Waals surface area contributed by atoms with E-state index in [0.29, 0.717) is 22.8 Å². The van der Waals surface area contributed by atoms with Gasteiger partial charge in [0.15, 0.2) is 0 Å². The second kappa shape index (κ2) is 7.69. The van der Waals surface area contributed by atoms with E-state index in [2.05, 4.69) is 20.3 Å². The van der Waals surface area contributed by atoms with Crippen LogP contribution in [-0.2, 0) is 6.61 Å². The molecule has 9 heteroatoms. The van der Waals surface area contributed by atoms with Gasteiger partial charge in [-0.3, -0.25) is 14.9 Å². The molecule has 0 fully saturated rings. The lowest BCUT2D eigenvalue weighted by atomic mass is 10.0. The molecule has 5 rings (SSSR count). The molecular weight excluding hydrogens is 414 g/mol. The summed E-state index contributed by atoms with van der Waals surface area (Å²) in [6.45, 7) is 2.19. The van der Waals surface area contributed by atoms with Crippen molar-refractivity contribution in [3.05, 3.63) is 76.7 Å². The fourth-order valence-electron chi connectivity index (χ4n) is 3.29. The molecule has 4 heterocycles. The van der Waals surface area contributed by atoms with E-state index in [4.69, 9.17) is 9.72 Å². The molecule has 1 aliphatic heterocycles. The molecule has 0 saturated heterocycles. The fourth-order valence-corrected chi connectivity index (χ4v) is 4.23. The minimum atomic E-state index is -0.386. The van der Waals surface area contributed by atoms with Crippen molar-refractivity contribution in [1.29, 1.82) is 0 Å². The number of nitrogens with zero attached hydrogens (tertiary/aromatic N) is 4. The Hall–Kier alpha value is -3.98. The van der Waals surface area contributed by atoms with Crippen LogP contribution in [0.15, 0.2) is 54.9 Å². The first-order valence-electron chi connectivity index (χ1n) is 9.42. The van der Waals surface area contributed by atoms with Gasteiger partial charge in [-0.2, -0.15) is 0 Å². The number of amides is 2. The van der Waals surface area contributed by atoms with Crippen molar-refractivity contribution in [2.45, 2.75) is 13.5 Å². The molecule has 1 aliphatic rings.